The highest BCUT2D eigenvalue weighted by molar-refractivity contribution is 7.71. The van der Waals surface area contributed by atoms with E-state index in [9.17, 15) is 4.79 Å². The number of H-pyrrole nitrogens is 2. The van der Waals surface area contributed by atoms with Gasteiger partial charge in [0.05, 0.1) is 0 Å². The molecule has 0 saturated carbocycles. The molecule has 1 aromatic carbocycles. The lowest BCUT2D eigenvalue weighted by Crippen LogP contribution is -2.01. The number of aryl methyl sites for hydroxylation is 2. The summed E-state index contributed by atoms with van der Waals surface area (Å²) < 4.78 is 0.615. The minimum absolute atomic E-state index is 0.158. The van der Waals surface area contributed by atoms with Crippen molar-refractivity contribution in [3.63, 3.8) is 0 Å². The van der Waals surface area contributed by atoms with Crippen molar-refractivity contribution in [2.24, 2.45) is 0 Å². The molecule has 1 heterocycles. The van der Waals surface area contributed by atoms with Crippen LogP contribution < -0.4 is 0 Å². The van der Waals surface area contributed by atoms with Crippen LogP contribution in [-0.2, 0) is 6.42 Å². The summed E-state index contributed by atoms with van der Waals surface area (Å²) in [6, 6.07) is 9.35. The van der Waals surface area contributed by atoms with Crippen LogP contribution in [0.1, 0.15) is 28.2 Å². The molecule has 88 valence electrons. The second-order valence-corrected chi connectivity index (χ2v) is 4.38. The number of nitrogens with one attached hydrogen (secondary N) is 2. The SMILES string of the molecule is Cc1[nH]c(=S)[nH]c1CCC(=O)c1ccccc1. The molecule has 1 aromatic heterocycles. The normalized spacial score (nSPS) is 10.4. The first-order valence-electron chi connectivity index (χ1n) is 5.53. The zero-order valence-corrected chi connectivity index (χ0v) is 10.4. The van der Waals surface area contributed by atoms with Gasteiger partial charge in [0, 0.05) is 23.4 Å². The van der Waals surface area contributed by atoms with Crippen molar-refractivity contribution >= 4 is 18.0 Å². The molecule has 4 heteroatoms. The van der Waals surface area contributed by atoms with Crippen LogP contribution in [0.25, 0.3) is 0 Å². The van der Waals surface area contributed by atoms with E-state index in [0.29, 0.717) is 17.6 Å². The summed E-state index contributed by atoms with van der Waals surface area (Å²) in [7, 11) is 0. The number of Topliss-reactive ketones (excluding diaryl/α,β-unsaturated/α-hetero) is 1. The van der Waals surface area contributed by atoms with Crippen LogP contribution in [-0.4, -0.2) is 15.8 Å². The van der Waals surface area contributed by atoms with Crippen LogP contribution in [0.4, 0.5) is 0 Å². The van der Waals surface area contributed by atoms with E-state index in [1.54, 1.807) is 0 Å². The monoisotopic (exact) mass is 246 g/mol. The van der Waals surface area contributed by atoms with Crippen molar-refractivity contribution in [2.45, 2.75) is 19.8 Å². The number of hydrogen-bond donors (Lipinski definition) is 2. The Hall–Kier alpha value is -1.68. The highest BCUT2D eigenvalue weighted by Gasteiger charge is 2.07. The van der Waals surface area contributed by atoms with E-state index in [-0.39, 0.29) is 5.78 Å². The van der Waals surface area contributed by atoms with Crippen molar-refractivity contribution in [2.75, 3.05) is 0 Å². The molecule has 0 aliphatic heterocycles. The summed E-state index contributed by atoms with van der Waals surface area (Å²) in [5.41, 5.74) is 2.79. The van der Waals surface area contributed by atoms with Crippen molar-refractivity contribution in [1.29, 1.82) is 0 Å². The van der Waals surface area contributed by atoms with Gasteiger partial charge in [0.25, 0.3) is 0 Å². The molecular weight excluding hydrogens is 232 g/mol. The first-order valence-corrected chi connectivity index (χ1v) is 5.93. The summed E-state index contributed by atoms with van der Waals surface area (Å²) in [6.07, 6.45) is 1.18. The maximum atomic E-state index is 11.9. The molecule has 0 spiro atoms. The fourth-order valence-corrected chi connectivity index (χ4v) is 2.04. The van der Waals surface area contributed by atoms with Gasteiger partial charge in [-0.05, 0) is 25.6 Å². The Balaban J connectivity index is 2.02. The van der Waals surface area contributed by atoms with E-state index in [0.717, 1.165) is 17.0 Å². The summed E-state index contributed by atoms with van der Waals surface area (Å²) in [4.78, 5) is 18.0. The molecule has 0 unspecified atom stereocenters. The van der Waals surface area contributed by atoms with E-state index in [2.05, 4.69) is 9.97 Å². The Kier molecular flexibility index (Phi) is 3.54. The molecule has 0 fully saturated rings. The molecule has 17 heavy (non-hydrogen) atoms. The maximum absolute atomic E-state index is 11.9. The average Bonchev–Trinajstić information content (AvgIpc) is 2.66. The van der Waals surface area contributed by atoms with Crippen molar-refractivity contribution in [1.82, 2.24) is 9.97 Å². The lowest BCUT2D eigenvalue weighted by molar-refractivity contribution is 0.0982. The number of hydrogen-bond acceptors (Lipinski definition) is 2. The zero-order valence-electron chi connectivity index (χ0n) is 9.62. The van der Waals surface area contributed by atoms with E-state index < -0.39 is 0 Å². The van der Waals surface area contributed by atoms with Gasteiger partial charge >= 0.3 is 0 Å². The number of carbonyl (C=O) groups excluding carboxylic acids is 1. The number of benzene rings is 1. The predicted molar refractivity (Wildman–Crippen MR) is 69.8 cm³/mol. The fourth-order valence-electron chi connectivity index (χ4n) is 1.76. The average molecular weight is 246 g/mol. The maximum Gasteiger partial charge on any atom is 0.174 e. The van der Waals surface area contributed by atoms with Gasteiger partial charge in [-0.25, -0.2) is 0 Å². The third-order valence-electron chi connectivity index (χ3n) is 2.72. The topological polar surface area (TPSA) is 48.6 Å². The van der Waals surface area contributed by atoms with Crippen LogP contribution in [0.5, 0.6) is 0 Å². The summed E-state index contributed by atoms with van der Waals surface area (Å²) in [5.74, 6) is 0.158. The van der Waals surface area contributed by atoms with Crippen molar-refractivity contribution < 1.29 is 4.79 Å². The molecule has 0 aliphatic carbocycles. The van der Waals surface area contributed by atoms with Gasteiger partial charge in [-0.2, -0.15) is 0 Å². The molecule has 2 rings (SSSR count). The van der Waals surface area contributed by atoms with Crippen molar-refractivity contribution in [3.05, 3.63) is 52.1 Å². The molecule has 0 amide bonds. The van der Waals surface area contributed by atoms with Crippen LogP contribution in [0.3, 0.4) is 0 Å². The molecule has 2 aromatic rings. The Morgan fingerprint density at radius 3 is 2.53 bits per heavy atom. The lowest BCUT2D eigenvalue weighted by atomic mass is 10.1. The van der Waals surface area contributed by atoms with Gasteiger partial charge in [0.15, 0.2) is 10.6 Å². The number of ketones is 1. The smallest absolute Gasteiger partial charge is 0.174 e. The number of aromatic nitrogens is 2. The molecule has 0 atom stereocenters. The summed E-state index contributed by atoms with van der Waals surface area (Å²) in [5, 5.41) is 0. The highest BCUT2D eigenvalue weighted by Crippen LogP contribution is 2.09. The summed E-state index contributed by atoms with van der Waals surface area (Å²) >= 11 is 5.00. The van der Waals surface area contributed by atoms with Gasteiger partial charge in [0.1, 0.15) is 0 Å². The minimum Gasteiger partial charge on any atom is -0.335 e. The zero-order chi connectivity index (χ0) is 12.3. The van der Waals surface area contributed by atoms with E-state index in [4.69, 9.17) is 12.2 Å². The van der Waals surface area contributed by atoms with Crippen LogP contribution in [0.15, 0.2) is 30.3 Å². The molecule has 0 bridgehead atoms. The quantitative estimate of drug-likeness (QED) is 0.643. The summed E-state index contributed by atoms with van der Waals surface area (Å²) in [6.45, 7) is 1.95. The van der Waals surface area contributed by atoms with Crippen LogP contribution in [0.2, 0.25) is 0 Å². The van der Waals surface area contributed by atoms with Gasteiger partial charge in [-0.1, -0.05) is 30.3 Å². The first kappa shape index (κ1) is 11.8. The Labute approximate surface area is 105 Å². The Bertz CT molecular complexity index is 569. The number of imidazole rings is 1. The molecule has 3 nitrogen and oxygen atoms in total. The molecule has 0 aliphatic rings. The number of carbonyl (C=O) groups is 1. The van der Waals surface area contributed by atoms with Crippen LogP contribution >= 0.6 is 12.2 Å². The first-order chi connectivity index (χ1) is 8.16. The van der Waals surface area contributed by atoms with Gasteiger partial charge in [-0.15, -0.1) is 0 Å². The third kappa shape index (κ3) is 2.91. The minimum atomic E-state index is 0.158. The fraction of sp³-hybridized carbons (Fsp3) is 0.231. The predicted octanol–water partition coefficient (Wildman–Crippen LogP) is 3.20. The molecular formula is C13H14N2OS. The molecule has 0 radical (unpaired) electrons. The number of rotatable bonds is 4. The van der Waals surface area contributed by atoms with Crippen molar-refractivity contribution in [3.8, 4) is 0 Å². The van der Waals surface area contributed by atoms with Gasteiger partial charge in [-0.3, -0.25) is 4.79 Å². The molecule has 2 N–H and O–H groups in total. The second kappa shape index (κ2) is 5.10. The van der Waals surface area contributed by atoms with E-state index >= 15 is 0 Å². The Morgan fingerprint density at radius 1 is 1.24 bits per heavy atom. The van der Waals surface area contributed by atoms with Gasteiger partial charge < -0.3 is 9.97 Å². The molecule has 0 saturated heterocycles. The lowest BCUT2D eigenvalue weighted by Gasteiger charge is -2.00. The second-order valence-electron chi connectivity index (χ2n) is 3.97. The largest absolute Gasteiger partial charge is 0.335 e. The Morgan fingerprint density at radius 2 is 1.94 bits per heavy atom. The number of aromatic amines is 2. The van der Waals surface area contributed by atoms with E-state index in [1.807, 2.05) is 37.3 Å². The standard InChI is InChI=1S/C13H14N2OS/c1-9-11(15-13(17)14-9)7-8-12(16)10-5-3-2-4-6-10/h2-6H,7-8H2,1H3,(H2,14,15,17). The highest BCUT2D eigenvalue weighted by atomic mass is 32.1. The van der Waals surface area contributed by atoms with Gasteiger partial charge in [0.2, 0.25) is 0 Å². The van der Waals surface area contributed by atoms with Crippen LogP contribution in [0, 0.1) is 11.7 Å². The van der Waals surface area contributed by atoms with E-state index in [1.165, 1.54) is 0 Å². The third-order valence-corrected chi connectivity index (χ3v) is 2.92.